The Morgan fingerprint density at radius 2 is 2.20 bits per heavy atom. The zero-order chi connectivity index (χ0) is 14.7. The molecule has 104 valence electrons. The van der Waals surface area contributed by atoms with Crippen LogP contribution in [0.5, 0.6) is 5.75 Å². The number of halogens is 1. The molecule has 0 saturated heterocycles. The van der Waals surface area contributed by atoms with Gasteiger partial charge in [-0.25, -0.2) is 0 Å². The molecule has 0 atom stereocenters. The first kappa shape index (κ1) is 14.6. The van der Waals surface area contributed by atoms with Crippen molar-refractivity contribution in [3.05, 3.63) is 45.2 Å². The van der Waals surface area contributed by atoms with E-state index < -0.39 is 0 Å². The summed E-state index contributed by atoms with van der Waals surface area (Å²) in [7, 11) is 1.90. The number of nitriles is 1. The Kier molecular flexibility index (Phi) is 4.46. The molecule has 1 aromatic heterocycles. The lowest BCUT2D eigenvalue weighted by Crippen LogP contribution is -2.04. The summed E-state index contributed by atoms with van der Waals surface area (Å²) in [5.41, 5.74) is 3.62. The van der Waals surface area contributed by atoms with Crippen LogP contribution in [0, 0.1) is 18.3 Å². The van der Waals surface area contributed by atoms with Gasteiger partial charge in [0, 0.05) is 7.05 Å². The number of ether oxygens (including phenoxy) is 1. The van der Waals surface area contributed by atoms with Crippen molar-refractivity contribution < 1.29 is 4.74 Å². The number of nitrogens with zero attached hydrogens (tertiary/aromatic N) is 3. The van der Waals surface area contributed by atoms with Crippen LogP contribution in [0.15, 0.2) is 22.7 Å². The Morgan fingerprint density at radius 1 is 1.45 bits per heavy atom. The van der Waals surface area contributed by atoms with E-state index in [-0.39, 0.29) is 0 Å². The Bertz CT molecular complexity index is 670. The van der Waals surface area contributed by atoms with Crippen molar-refractivity contribution in [2.24, 2.45) is 7.05 Å². The minimum atomic E-state index is 0.416. The normalized spacial score (nSPS) is 10.3. The second-order valence-electron chi connectivity index (χ2n) is 4.57. The van der Waals surface area contributed by atoms with Gasteiger partial charge in [-0.2, -0.15) is 10.4 Å². The predicted octanol–water partition coefficient (Wildman–Crippen LogP) is 3.50. The number of hydrogen-bond acceptors (Lipinski definition) is 3. The van der Waals surface area contributed by atoms with Crippen molar-refractivity contribution in [2.45, 2.75) is 26.9 Å². The topological polar surface area (TPSA) is 50.8 Å². The number of aryl methyl sites for hydroxylation is 3. The fraction of sp³-hybridized carbons (Fsp3) is 0.333. The fourth-order valence-corrected chi connectivity index (χ4v) is 2.68. The summed E-state index contributed by atoms with van der Waals surface area (Å²) in [5.74, 6) is 0.732. The van der Waals surface area contributed by atoms with Crippen LogP contribution in [-0.4, -0.2) is 9.78 Å². The summed E-state index contributed by atoms with van der Waals surface area (Å²) in [6, 6.07) is 7.57. The molecule has 0 spiro atoms. The molecule has 0 unspecified atom stereocenters. The van der Waals surface area contributed by atoms with E-state index in [2.05, 4.69) is 34.0 Å². The number of aromatic nitrogens is 2. The molecule has 0 bridgehead atoms. The Balaban J connectivity index is 2.21. The van der Waals surface area contributed by atoms with Crippen molar-refractivity contribution in [3.63, 3.8) is 0 Å². The molecule has 0 aliphatic carbocycles. The van der Waals surface area contributed by atoms with E-state index in [4.69, 9.17) is 10.00 Å². The van der Waals surface area contributed by atoms with Crippen LogP contribution in [0.3, 0.4) is 0 Å². The van der Waals surface area contributed by atoms with Crippen LogP contribution in [-0.2, 0) is 20.1 Å². The summed E-state index contributed by atoms with van der Waals surface area (Å²) in [4.78, 5) is 0. The van der Waals surface area contributed by atoms with Crippen LogP contribution in [0.2, 0.25) is 0 Å². The smallest absolute Gasteiger partial charge is 0.131 e. The quantitative estimate of drug-likeness (QED) is 0.860. The minimum Gasteiger partial charge on any atom is -0.487 e. The highest BCUT2D eigenvalue weighted by Gasteiger charge is 2.13. The second-order valence-corrected chi connectivity index (χ2v) is 5.36. The molecule has 0 N–H and O–H groups in total. The van der Waals surface area contributed by atoms with Gasteiger partial charge in [0.05, 0.1) is 27.5 Å². The van der Waals surface area contributed by atoms with Gasteiger partial charge in [0.15, 0.2) is 0 Å². The van der Waals surface area contributed by atoms with Crippen LogP contribution >= 0.6 is 15.9 Å². The maximum atomic E-state index is 8.93. The first-order valence-electron chi connectivity index (χ1n) is 6.40. The SMILES string of the molecule is CCc1nn(C)c(COc2cc(C#N)ccc2C)c1Br. The van der Waals surface area contributed by atoms with Crippen LogP contribution in [0.25, 0.3) is 0 Å². The summed E-state index contributed by atoms with van der Waals surface area (Å²) in [6.45, 7) is 4.45. The average Bonchev–Trinajstić information content (AvgIpc) is 2.73. The summed E-state index contributed by atoms with van der Waals surface area (Å²) >= 11 is 3.57. The van der Waals surface area contributed by atoms with Gasteiger partial charge in [0.2, 0.25) is 0 Å². The van der Waals surface area contributed by atoms with Crippen molar-refractivity contribution in [3.8, 4) is 11.8 Å². The van der Waals surface area contributed by atoms with E-state index in [1.165, 1.54) is 0 Å². The van der Waals surface area contributed by atoms with Crippen molar-refractivity contribution in [1.82, 2.24) is 9.78 Å². The first-order valence-corrected chi connectivity index (χ1v) is 7.20. The van der Waals surface area contributed by atoms with Gasteiger partial charge in [-0.05, 0) is 47.0 Å². The third-order valence-electron chi connectivity index (χ3n) is 3.18. The molecule has 2 aromatic rings. The van der Waals surface area contributed by atoms with Crippen molar-refractivity contribution in [1.29, 1.82) is 5.26 Å². The van der Waals surface area contributed by atoms with Gasteiger partial charge in [-0.1, -0.05) is 13.0 Å². The van der Waals surface area contributed by atoms with Crippen LogP contribution in [0.1, 0.15) is 29.4 Å². The Hall–Kier alpha value is -1.80. The van der Waals surface area contributed by atoms with E-state index in [0.29, 0.717) is 12.2 Å². The summed E-state index contributed by atoms with van der Waals surface area (Å²) in [6.07, 6.45) is 0.872. The largest absolute Gasteiger partial charge is 0.487 e. The van der Waals surface area contributed by atoms with Gasteiger partial charge in [-0.3, -0.25) is 4.68 Å². The molecule has 20 heavy (non-hydrogen) atoms. The lowest BCUT2D eigenvalue weighted by molar-refractivity contribution is 0.292. The van der Waals surface area contributed by atoms with E-state index in [1.807, 2.05) is 24.7 Å². The number of benzene rings is 1. The van der Waals surface area contributed by atoms with Gasteiger partial charge in [0.25, 0.3) is 0 Å². The number of hydrogen-bond donors (Lipinski definition) is 0. The molecule has 0 radical (unpaired) electrons. The molecule has 4 nitrogen and oxygen atoms in total. The Labute approximate surface area is 127 Å². The first-order chi connectivity index (χ1) is 9.56. The maximum absolute atomic E-state index is 8.93. The van der Waals surface area contributed by atoms with Crippen LogP contribution < -0.4 is 4.74 Å². The molecular weight excluding hydrogens is 318 g/mol. The molecule has 0 fully saturated rings. The monoisotopic (exact) mass is 333 g/mol. The number of rotatable bonds is 4. The van der Waals surface area contributed by atoms with Gasteiger partial charge in [0.1, 0.15) is 12.4 Å². The summed E-state index contributed by atoms with van der Waals surface area (Å²) in [5, 5.41) is 13.4. The molecule has 0 amide bonds. The highest BCUT2D eigenvalue weighted by molar-refractivity contribution is 9.10. The van der Waals surface area contributed by atoms with E-state index in [0.717, 1.165) is 33.6 Å². The standard InChI is InChI=1S/C15H16BrN3O/c1-4-12-15(16)13(19(3)18-12)9-20-14-7-11(8-17)6-5-10(14)2/h5-7H,4,9H2,1-3H3. The molecule has 1 aromatic carbocycles. The zero-order valence-electron chi connectivity index (χ0n) is 11.8. The molecule has 5 heteroatoms. The van der Waals surface area contributed by atoms with E-state index in [9.17, 15) is 0 Å². The lowest BCUT2D eigenvalue weighted by Gasteiger charge is -2.10. The van der Waals surface area contributed by atoms with Gasteiger partial charge >= 0.3 is 0 Å². The molecule has 0 aliphatic heterocycles. The van der Waals surface area contributed by atoms with Crippen molar-refractivity contribution in [2.75, 3.05) is 0 Å². The van der Waals surface area contributed by atoms with E-state index >= 15 is 0 Å². The fourth-order valence-electron chi connectivity index (χ4n) is 1.95. The third-order valence-corrected chi connectivity index (χ3v) is 4.10. The highest BCUT2D eigenvalue weighted by Crippen LogP contribution is 2.25. The molecular formula is C15H16BrN3O. The molecule has 0 saturated carbocycles. The van der Waals surface area contributed by atoms with Gasteiger partial charge in [-0.15, -0.1) is 0 Å². The van der Waals surface area contributed by atoms with Crippen molar-refractivity contribution >= 4 is 15.9 Å². The predicted molar refractivity (Wildman–Crippen MR) is 80.5 cm³/mol. The third kappa shape index (κ3) is 2.86. The summed E-state index contributed by atoms with van der Waals surface area (Å²) < 4.78 is 8.67. The zero-order valence-corrected chi connectivity index (χ0v) is 13.4. The Morgan fingerprint density at radius 3 is 2.80 bits per heavy atom. The minimum absolute atomic E-state index is 0.416. The highest BCUT2D eigenvalue weighted by atomic mass is 79.9. The van der Waals surface area contributed by atoms with Crippen LogP contribution in [0.4, 0.5) is 0 Å². The van der Waals surface area contributed by atoms with E-state index in [1.54, 1.807) is 12.1 Å². The molecule has 0 aliphatic rings. The maximum Gasteiger partial charge on any atom is 0.131 e. The molecule has 2 rings (SSSR count). The lowest BCUT2D eigenvalue weighted by atomic mass is 10.1. The van der Waals surface area contributed by atoms with Gasteiger partial charge < -0.3 is 4.74 Å². The molecule has 1 heterocycles. The average molecular weight is 334 g/mol. The second kappa shape index (κ2) is 6.10.